The minimum atomic E-state index is -3.21. The van der Waals surface area contributed by atoms with E-state index in [0.717, 1.165) is 28.2 Å². The molecule has 0 aromatic heterocycles. The van der Waals surface area contributed by atoms with Gasteiger partial charge in [-0.15, -0.1) is 24.0 Å². The number of sulfone groups is 1. The molecule has 2 rings (SSSR count). The van der Waals surface area contributed by atoms with Crippen molar-refractivity contribution in [2.45, 2.75) is 24.9 Å². The second-order valence-corrected chi connectivity index (χ2v) is 8.31. The fourth-order valence-corrected chi connectivity index (χ4v) is 3.78. The van der Waals surface area contributed by atoms with E-state index in [1.165, 1.54) is 6.26 Å². The van der Waals surface area contributed by atoms with Gasteiger partial charge in [0.15, 0.2) is 15.8 Å². The second kappa shape index (κ2) is 11.2. The summed E-state index contributed by atoms with van der Waals surface area (Å²) >= 11 is 0. The normalized spacial score (nSPS) is 11.4. The summed E-state index contributed by atoms with van der Waals surface area (Å²) < 4.78 is 34.1. The number of halogens is 1. The molecule has 7 nitrogen and oxygen atoms in total. The third-order valence-electron chi connectivity index (χ3n) is 4.26. The zero-order chi connectivity index (χ0) is 20.7. The van der Waals surface area contributed by atoms with E-state index in [1.54, 1.807) is 40.3 Å². The van der Waals surface area contributed by atoms with Crippen molar-refractivity contribution in [2.75, 3.05) is 27.5 Å². The Balaban J connectivity index is 0.00000420. The molecule has 9 heteroatoms. The number of rotatable bonds is 7. The van der Waals surface area contributed by atoms with Gasteiger partial charge in [-0.1, -0.05) is 12.1 Å². The second-order valence-electron chi connectivity index (χ2n) is 6.33. The van der Waals surface area contributed by atoms with E-state index in [2.05, 4.69) is 15.6 Å². The van der Waals surface area contributed by atoms with E-state index >= 15 is 0 Å². The summed E-state index contributed by atoms with van der Waals surface area (Å²) in [6.07, 6.45) is 1.21. The third kappa shape index (κ3) is 7.07. The fraction of sp³-hybridized carbons (Fsp3) is 0.350. The summed E-state index contributed by atoms with van der Waals surface area (Å²) in [7, 11) is 1.71. The SMILES string of the molecule is CN=C(NCc1ccc(S(C)(=O)=O)c(C)c1)NCc1ccc(OC)cc1OC.I. The number of hydrogen-bond donors (Lipinski definition) is 2. The van der Waals surface area contributed by atoms with E-state index in [4.69, 9.17) is 9.47 Å². The maximum absolute atomic E-state index is 11.7. The fourth-order valence-electron chi connectivity index (χ4n) is 2.82. The van der Waals surface area contributed by atoms with E-state index in [0.29, 0.717) is 23.9 Å². The lowest BCUT2D eigenvalue weighted by Crippen LogP contribution is -2.36. The number of ether oxygens (including phenoxy) is 2. The van der Waals surface area contributed by atoms with E-state index < -0.39 is 9.84 Å². The van der Waals surface area contributed by atoms with Crippen LogP contribution in [-0.4, -0.2) is 41.9 Å². The molecule has 0 heterocycles. The lowest BCUT2D eigenvalue weighted by molar-refractivity contribution is 0.390. The van der Waals surface area contributed by atoms with Crippen molar-refractivity contribution in [3.63, 3.8) is 0 Å². The van der Waals surface area contributed by atoms with Gasteiger partial charge in [-0.25, -0.2) is 8.42 Å². The Bertz CT molecular complexity index is 962. The van der Waals surface area contributed by atoms with Crippen LogP contribution in [0.15, 0.2) is 46.3 Å². The summed E-state index contributed by atoms with van der Waals surface area (Å²) in [6, 6.07) is 11.0. The number of aryl methyl sites for hydroxylation is 1. The van der Waals surface area contributed by atoms with Crippen LogP contribution in [0, 0.1) is 6.92 Å². The molecule has 160 valence electrons. The Morgan fingerprint density at radius 2 is 1.72 bits per heavy atom. The van der Waals surface area contributed by atoms with Crippen LogP contribution in [0.2, 0.25) is 0 Å². The van der Waals surface area contributed by atoms with Crippen LogP contribution in [0.4, 0.5) is 0 Å². The molecule has 2 aromatic carbocycles. The van der Waals surface area contributed by atoms with Crippen molar-refractivity contribution >= 4 is 39.8 Å². The highest BCUT2D eigenvalue weighted by molar-refractivity contribution is 14.0. The van der Waals surface area contributed by atoms with Gasteiger partial charge in [0.1, 0.15) is 11.5 Å². The quantitative estimate of drug-likeness (QED) is 0.324. The molecule has 0 aliphatic heterocycles. The summed E-state index contributed by atoms with van der Waals surface area (Å²) in [5.74, 6) is 2.09. The van der Waals surface area contributed by atoms with E-state index in [-0.39, 0.29) is 24.0 Å². The molecular formula is C20H28IN3O4S. The van der Waals surface area contributed by atoms with E-state index in [9.17, 15) is 8.42 Å². The van der Waals surface area contributed by atoms with Crippen LogP contribution in [0.5, 0.6) is 11.5 Å². The minimum Gasteiger partial charge on any atom is -0.497 e. The zero-order valence-electron chi connectivity index (χ0n) is 17.3. The number of aliphatic imine (C=N–C) groups is 1. The molecule has 0 fully saturated rings. The number of nitrogens with one attached hydrogen (secondary N) is 2. The van der Waals surface area contributed by atoms with Gasteiger partial charge in [0.2, 0.25) is 0 Å². The van der Waals surface area contributed by atoms with Gasteiger partial charge in [-0.05, 0) is 36.2 Å². The molecule has 0 saturated heterocycles. The van der Waals surface area contributed by atoms with Gasteiger partial charge in [-0.2, -0.15) is 0 Å². The topological polar surface area (TPSA) is 89.0 Å². The molecule has 29 heavy (non-hydrogen) atoms. The highest BCUT2D eigenvalue weighted by atomic mass is 127. The summed E-state index contributed by atoms with van der Waals surface area (Å²) in [5, 5.41) is 6.47. The van der Waals surface area contributed by atoms with Gasteiger partial charge in [0.25, 0.3) is 0 Å². The average molecular weight is 533 g/mol. The first-order chi connectivity index (χ1) is 13.3. The van der Waals surface area contributed by atoms with Crippen LogP contribution in [0.3, 0.4) is 0 Å². The maximum atomic E-state index is 11.7. The van der Waals surface area contributed by atoms with Crippen LogP contribution in [0.25, 0.3) is 0 Å². The monoisotopic (exact) mass is 533 g/mol. The van der Waals surface area contributed by atoms with Gasteiger partial charge in [0, 0.05) is 38.0 Å². The standard InChI is InChI=1S/C20H27N3O4S.HI/c1-14-10-15(6-9-19(14)28(5,24)25)12-22-20(21-2)23-13-16-7-8-17(26-3)11-18(16)27-4;/h6-11H,12-13H2,1-5H3,(H2,21,22,23);1H. The first kappa shape index (κ1) is 25.0. The molecule has 2 N–H and O–H groups in total. The number of hydrogen-bond acceptors (Lipinski definition) is 5. The minimum absolute atomic E-state index is 0. The number of guanidine groups is 1. The molecule has 0 aliphatic rings. The Morgan fingerprint density at radius 1 is 1.03 bits per heavy atom. The largest absolute Gasteiger partial charge is 0.497 e. The maximum Gasteiger partial charge on any atom is 0.191 e. The molecule has 0 radical (unpaired) electrons. The molecule has 0 amide bonds. The van der Waals surface area contributed by atoms with Crippen molar-refractivity contribution in [1.29, 1.82) is 0 Å². The third-order valence-corrected chi connectivity index (χ3v) is 5.52. The highest BCUT2D eigenvalue weighted by Gasteiger charge is 2.11. The lowest BCUT2D eigenvalue weighted by Gasteiger charge is -2.15. The Hall–Kier alpha value is -2.01. The summed E-state index contributed by atoms with van der Waals surface area (Å²) in [5.41, 5.74) is 2.67. The number of methoxy groups -OCH3 is 2. The van der Waals surface area contributed by atoms with Crippen LogP contribution in [0.1, 0.15) is 16.7 Å². The van der Waals surface area contributed by atoms with Crippen LogP contribution < -0.4 is 20.1 Å². The molecule has 0 bridgehead atoms. The summed E-state index contributed by atoms with van der Waals surface area (Å²) in [6.45, 7) is 2.84. The lowest BCUT2D eigenvalue weighted by atomic mass is 10.1. The Kier molecular flexibility index (Phi) is 9.71. The molecular weight excluding hydrogens is 505 g/mol. The smallest absolute Gasteiger partial charge is 0.191 e. The number of nitrogens with zero attached hydrogens (tertiary/aromatic N) is 1. The van der Waals surface area contributed by atoms with Gasteiger partial charge in [-0.3, -0.25) is 4.99 Å². The van der Waals surface area contributed by atoms with Crippen LogP contribution >= 0.6 is 24.0 Å². The Morgan fingerprint density at radius 3 is 2.28 bits per heavy atom. The van der Waals surface area contributed by atoms with Crippen molar-refractivity contribution in [1.82, 2.24) is 10.6 Å². The van der Waals surface area contributed by atoms with Crippen molar-refractivity contribution < 1.29 is 17.9 Å². The highest BCUT2D eigenvalue weighted by Crippen LogP contribution is 2.24. The van der Waals surface area contributed by atoms with Crippen molar-refractivity contribution in [3.8, 4) is 11.5 Å². The van der Waals surface area contributed by atoms with Gasteiger partial charge >= 0.3 is 0 Å². The first-order valence-electron chi connectivity index (χ1n) is 8.73. The first-order valence-corrected chi connectivity index (χ1v) is 10.6. The molecule has 2 aromatic rings. The van der Waals surface area contributed by atoms with Crippen molar-refractivity contribution in [2.24, 2.45) is 4.99 Å². The average Bonchev–Trinajstić information content (AvgIpc) is 2.67. The van der Waals surface area contributed by atoms with Gasteiger partial charge in [0.05, 0.1) is 19.1 Å². The van der Waals surface area contributed by atoms with Gasteiger partial charge < -0.3 is 20.1 Å². The van der Waals surface area contributed by atoms with E-state index in [1.807, 2.05) is 24.3 Å². The Labute approximate surface area is 189 Å². The molecule has 0 spiro atoms. The zero-order valence-corrected chi connectivity index (χ0v) is 20.4. The predicted octanol–water partition coefficient (Wildman–Crippen LogP) is 2.90. The molecule has 0 aliphatic carbocycles. The van der Waals surface area contributed by atoms with Crippen molar-refractivity contribution in [3.05, 3.63) is 53.1 Å². The number of benzene rings is 2. The molecule has 0 atom stereocenters. The molecule has 0 unspecified atom stereocenters. The predicted molar refractivity (Wildman–Crippen MR) is 126 cm³/mol. The molecule has 0 saturated carbocycles. The summed E-state index contributed by atoms with van der Waals surface area (Å²) in [4.78, 5) is 4.57. The van der Waals surface area contributed by atoms with Crippen LogP contribution in [-0.2, 0) is 22.9 Å².